The van der Waals surface area contributed by atoms with Crippen molar-refractivity contribution in [1.29, 1.82) is 0 Å². The minimum absolute atomic E-state index is 0.128. The number of amides is 1. The van der Waals surface area contributed by atoms with Crippen LogP contribution < -0.4 is 5.32 Å². The van der Waals surface area contributed by atoms with Gasteiger partial charge in [0.25, 0.3) is 5.91 Å². The molecule has 2 heterocycles. The van der Waals surface area contributed by atoms with E-state index in [-0.39, 0.29) is 16.8 Å². The number of carbonyl (C=O) groups excluding carboxylic acids is 1. The van der Waals surface area contributed by atoms with Crippen LogP contribution in [0.5, 0.6) is 0 Å². The zero-order valence-corrected chi connectivity index (χ0v) is 17.8. The summed E-state index contributed by atoms with van der Waals surface area (Å²) >= 11 is 0. The van der Waals surface area contributed by atoms with Gasteiger partial charge >= 0.3 is 12.1 Å². The smallest absolute Gasteiger partial charge is 0.416 e. The van der Waals surface area contributed by atoms with E-state index in [4.69, 9.17) is 0 Å². The Morgan fingerprint density at radius 3 is 2.38 bits per heavy atom. The van der Waals surface area contributed by atoms with Crippen LogP contribution in [-0.4, -0.2) is 27.0 Å². The lowest BCUT2D eigenvalue weighted by atomic mass is 10.0. The van der Waals surface area contributed by atoms with Crippen molar-refractivity contribution in [2.45, 2.75) is 19.5 Å². The summed E-state index contributed by atoms with van der Waals surface area (Å²) in [4.78, 5) is 33.1. The number of rotatable bonds is 5. The molecule has 34 heavy (non-hydrogen) atoms. The van der Waals surface area contributed by atoms with Crippen molar-refractivity contribution in [3.63, 3.8) is 0 Å². The minimum atomic E-state index is -4.46. The first-order valence-corrected chi connectivity index (χ1v) is 10.3. The number of nitrogens with zero attached hydrogens (tertiary/aromatic N) is 2. The number of nitrogens with one attached hydrogen (secondary N) is 1. The van der Waals surface area contributed by atoms with E-state index in [9.17, 15) is 27.9 Å². The van der Waals surface area contributed by atoms with Gasteiger partial charge in [0, 0.05) is 22.8 Å². The molecule has 4 rings (SSSR count). The summed E-state index contributed by atoms with van der Waals surface area (Å²) in [6.45, 7) is 1.80. The van der Waals surface area contributed by atoms with Gasteiger partial charge in [-0.05, 0) is 48.9 Å². The third kappa shape index (κ3) is 4.59. The number of fused-ring (bicyclic) bond motifs is 1. The van der Waals surface area contributed by atoms with Crippen molar-refractivity contribution >= 4 is 28.5 Å². The molecule has 0 atom stereocenters. The van der Waals surface area contributed by atoms with Crippen molar-refractivity contribution < 1.29 is 27.9 Å². The normalized spacial score (nSPS) is 11.4. The number of aromatic carboxylic acids is 1. The molecule has 0 aliphatic rings. The van der Waals surface area contributed by atoms with Crippen LogP contribution in [0.1, 0.15) is 38.9 Å². The topological polar surface area (TPSA) is 92.2 Å². The number of halogens is 3. The Hall–Kier alpha value is -4.27. The van der Waals surface area contributed by atoms with E-state index in [1.807, 2.05) is 0 Å². The molecule has 9 heteroatoms. The van der Waals surface area contributed by atoms with Gasteiger partial charge in [-0.2, -0.15) is 13.2 Å². The molecule has 172 valence electrons. The fourth-order valence-electron chi connectivity index (χ4n) is 3.57. The summed E-state index contributed by atoms with van der Waals surface area (Å²) in [6.07, 6.45) is -2.58. The molecule has 2 aromatic heterocycles. The average Bonchev–Trinajstić information content (AvgIpc) is 2.82. The van der Waals surface area contributed by atoms with Crippen LogP contribution in [0.2, 0.25) is 0 Å². The highest BCUT2D eigenvalue weighted by Gasteiger charge is 2.30. The van der Waals surface area contributed by atoms with Crippen molar-refractivity contribution in [2.24, 2.45) is 0 Å². The number of carbonyl (C=O) groups is 2. The van der Waals surface area contributed by atoms with E-state index in [2.05, 4.69) is 15.3 Å². The first-order chi connectivity index (χ1) is 16.2. The van der Waals surface area contributed by atoms with Gasteiger partial charge in [-0.15, -0.1) is 0 Å². The highest BCUT2D eigenvalue weighted by molar-refractivity contribution is 6.08. The first kappa shape index (κ1) is 22.9. The molecule has 0 aliphatic heterocycles. The summed E-state index contributed by atoms with van der Waals surface area (Å²) in [5, 5.41) is 12.7. The highest BCUT2D eigenvalue weighted by Crippen LogP contribution is 2.31. The number of hydrogen-bond donors (Lipinski definition) is 2. The molecule has 6 nitrogen and oxygen atoms in total. The maximum Gasteiger partial charge on any atom is 0.416 e. The zero-order valence-electron chi connectivity index (χ0n) is 17.8. The van der Waals surface area contributed by atoms with E-state index in [1.165, 1.54) is 24.4 Å². The molecule has 0 radical (unpaired) electrons. The van der Waals surface area contributed by atoms with Crippen LogP contribution in [0.15, 0.2) is 66.9 Å². The fraction of sp³-hybridized carbons (Fsp3) is 0.120. The summed E-state index contributed by atoms with van der Waals surface area (Å²) in [5.41, 5.74) is 1.51. The van der Waals surface area contributed by atoms with Crippen molar-refractivity contribution in [3.05, 3.63) is 89.2 Å². The molecule has 0 saturated carbocycles. The number of hydrogen-bond acceptors (Lipinski definition) is 4. The lowest BCUT2D eigenvalue weighted by Gasteiger charge is -2.12. The minimum Gasteiger partial charge on any atom is -0.478 e. The van der Waals surface area contributed by atoms with Gasteiger partial charge in [0.15, 0.2) is 0 Å². The van der Waals surface area contributed by atoms with E-state index in [0.717, 1.165) is 12.1 Å². The molecule has 0 fully saturated rings. The van der Waals surface area contributed by atoms with Gasteiger partial charge in [0.05, 0.1) is 33.6 Å². The van der Waals surface area contributed by atoms with E-state index >= 15 is 0 Å². The maximum atomic E-state index is 13.0. The number of aryl methyl sites for hydroxylation is 1. The van der Waals surface area contributed by atoms with E-state index < -0.39 is 23.6 Å². The summed E-state index contributed by atoms with van der Waals surface area (Å²) in [5.74, 6) is -1.56. The molecule has 1 amide bonds. The predicted octanol–water partition coefficient (Wildman–Crippen LogP) is 5.83. The first-order valence-electron chi connectivity index (χ1n) is 10.3. The third-order valence-corrected chi connectivity index (χ3v) is 5.26. The number of benzene rings is 2. The molecule has 2 N–H and O–H groups in total. The highest BCUT2D eigenvalue weighted by atomic mass is 19.4. The largest absolute Gasteiger partial charge is 0.478 e. The van der Waals surface area contributed by atoms with Gasteiger partial charge in [-0.1, -0.05) is 25.1 Å². The van der Waals surface area contributed by atoms with Crippen molar-refractivity contribution in [3.8, 4) is 11.3 Å². The lowest BCUT2D eigenvalue weighted by molar-refractivity contribution is -0.137. The second-order valence-electron chi connectivity index (χ2n) is 7.48. The van der Waals surface area contributed by atoms with Crippen LogP contribution in [0.3, 0.4) is 0 Å². The van der Waals surface area contributed by atoms with Crippen LogP contribution in [0.4, 0.5) is 18.9 Å². The summed E-state index contributed by atoms with van der Waals surface area (Å²) in [6, 6.07) is 14.0. The molecule has 0 saturated heterocycles. The molecular formula is C25H18F3N3O3. The Morgan fingerprint density at radius 1 is 1.00 bits per heavy atom. The Bertz CT molecular complexity index is 1400. The number of carboxylic acid groups (broad SMARTS) is 1. The zero-order chi connectivity index (χ0) is 24.5. The van der Waals surface area contributed by atoms with Crippen molar-refractivity contribution in [2.75, 3.05) is 5.32 Å². The SMILES string of the molecule is CCc1nc2cc(NC(=O)c3cccnc3-c3ccc(C(F)(F)F)cc3)ccc2cc1C(=O)O. The Morgan fingerprint density at radius 2 is 1.74 bits per heavy atom. The number of pyridine rings is 2. The lowest BCUT2D eigenvalue weighted by Crippen LogP contribution is -2.14. The van der Waals surface area contributed by atoms with Crippen molar-refractivity contribution in [1.82, 2.24) is 9.97 Å². The molecule has 0 bridgehead atoms. The predicted molar refractivity (Wildman–Crippen MR) is 121 cm³/mol. The third-order valence-electron chi connectivity index (χ3n) is 5.26. The van der Waals surface area contributed by atoms with E-state index in [1.54, 1.807) is 37.3 Å². The summed E-state index contributed by atoms with van der Waals surface area (Å²) < 4.78 is 38.6. The standard InChI is InChI=1S/C25H18F3N3O3/c1-2-20-19(24(33)34)12-15-7-10-17(13-21(15)31-20)30-23(32)18-4-3-11-29-22(18)14-5-8-16(9-6-14)25(26,27)28/h3-13H,2H2,1H3,(H,30,32)(H,33,34). The van der Waals surface area contributed by atoms with Gasteiger partial charge in [-0.3, -0.25) is 14.8 Å². The Labute approximate surface area is 192 Å². The number of anilines is 1. The number of alkyl halides is 3. The molecular weight excluding hydrogens is 447 g/mol. The van der Waals surface area contributed by atoms with Crippen LogP contribution in [-0.2, 0) is 12.6 Å². The Balaban J connectivity index is 1.65. The molecule has 2 aromatic carbocycles. The Kier molecular flexibility index (Phi) is 6.02. The summed E-state index contributed by atoms with van der Waals surface area (Å²) in [7, 11) is 0. The second kappa shape index (κ2) is 8.93. The second-order valence-corrected chi connectivity index (χ2v) is 7.48. The fourth-order valence-corrected chi connectivity index (χ4v) is 3.57. The van der Waals surface area contributed by atoms with Gasteiger partial charge in [0.1, 0.15) is 0 Å². The van der Waals surface area contributed by atoms with Gasteiger partial charge in [0.2, 0.25) is 0 Å². The van der Waals surface area contributed by atoms with Crippen LogP contribution >= 0.6 is 0 Å². The maximum absolute atomic E-state index is 13.0. The quantitative estimate of drug-likeness (QED) is 0.387. The van der Waals surface area contributed by atoms with Crippen LogP contribution in [0.25, 0.3) is 22.2 Å². The van der Waals surface area contributed by atoms with Gasteiger partial charge < -0.3 is 10.4 Å². The number of carboxylic acids is 1. The molecule has 0 aliphatic carbocycles. The monoisotopic (exact) mass is 465 g/mol. The van der Waals surface area contributed by atoms with Gasteiger partial charge in [-0.25, -0.2) is 4.79 Å². The molecule has 0 spiro atoms. The average molecular weight is 465 g/mol. The van der Waals surface area contributed by atoms with E-state index in [0.29, 0.717) is 34.3 Å². The van der Waals surface area contributed by atoms with Crippen LogP contribution in [0, 0.1) is 0 Å². The molecule has 4 aromatic rings. The number of aromatic nitrogens is 2. The molecule has 0 unspecified atom stereocenters.